The van der Waals surface area contributed by atoms with Crippen molar-refractivity contribution in [1.82, 2.24) is 0 Å². The van der Waals surface area contributed by atoms with E-state index in [-0.39, 0.29) is 5.75 Å². The quantitative estimate of drug-likeness (QED) is 0.782. The molecule has 1 unspecified atom stereocenters. The molecule has 0 saturated heterocycles. The molecule has 0 fully saturated rings. The monoisotopic (exact) mass is 302 g/mol. The van der Waals surface area contributed by atoms with E-state index in [1.165, 1.54) is 19.2 Å². The van der Waals surface area contributed by atoms with Gasteiger partial charge >= 0.3 is 18.1 Å². The van der Waals surface area contributed by atoms with E-state index in [2.05, 4.69) is 4.74 Å². The molecular weight excluding hydrogens is 294 g/mol. The Kier molecular flexibility index (Phi) is 4.64. The molecule has 0 amide bonds. The summed E-state index contributed by atoms with van der Waals surface area (Å²) in [5.41, 5.74) is -0.486. The Labute approximate surface area is 109 Å². The minimum atomic E-state index is -5.83. The van der Waals surface area contributed by atoms with Crippen LogP contribution in [0.1, 0.15) is 11.9 Å². The molecule has 0 aliphatic heterocycles. The number of alkyl halides is 6. The van der Waals surface area contributed by atoms with Gasteiger partial charge in [0.25, 0.3) is 0 Å². The Morgan fingerprint density at radius 1 is 1.10 bits per heavy atom. The number of hydrogen-bond donors (Lipinski definition) is 0. The second-order valence-electron chi connectivity index (χ2n) is 3.55. The van der Waals surface area contributed by atoms with Crippen molar-refractivity contribution in [1.29, 1.82) is 0 Å². The van der Waals surface area contributed by atoms with Crippen molar-refractivity contribution >= 4 is 5.78 Å². The van der Waals surface area contributed by atoms with Gasteiger partial charge in [-0.1, -0.05) is 0 Å². The standard InChI is InChI=1S/C11H8F6O3/c1-19-7-4-2-6(3-5-7)8(12)20-11(16,17)9(18)10(13,14)15/h2-5,8H,1H3. The molecule has 0 spiro atoms. The highest BCUT2D eigenvalue weighted by Crippen LogP contribution is 2.34. The van der Waals surface area contributed by atoms with Gasteiger partial charge in [-0.25, -0.2) is 4.39 Å². The van der Waals surface area contributed by atoms with Crippen molar-refractivity contribution in [2.75, 3.05) is 7.11 Å². The van der Waals surface area contributed by atoms with Crippen molar-refractivity contribution in [3.05, 3.63) is 29.8 Å². The predicted molar refractivity (Wildman–Crippen MR) is 53.9 cm³/mol. The van der Waals surface area contributed by atoms with Crippen molar-refractivity contribution in [2.45, 2.75) is 18.6 Å². The molecule has 0 aliphatic rings. The lowest BCUT2D eigenvalue weighted by Gasteiger charge is -2.19. The third-order valence-electron chi connectivity index (χ3n) is 2.15. The Balaban J connectivity index is 2.83. The molecule has 1 aromatic rings. The number of halogens is 6. The van der Waals surface area contributed by atoms with Gasteiger partial charge in [0.1, 0.15) is 5.75 Å². The molecule has 112 valence electrons. The second-order valence-corrected chi connectivity index (χ2v) is 3.55. The van der Waals surface area contributed by atoms with Crippen LogP contribution in [-0.2, 0) is 9.53 Å². The number of carbonyl (C=O) groups excluding carboxylic acids is 1. The number of methoxy groups -OCH3 is 1. The van der Waals surface area contributed by atoms with E-state index in [9.17, 15) is 31.1 Å². The lowest BCUT2D eigenvalue weighted by Crippen LogP contribution is -2.42. The van der Waals surface area contributed by atoms with Gasteiger partial charge in [-0.05, 0) is 24.3 Å². The molecule has 1 aromatic carbocycles. The highest BCUT2D eigenvalue weighted by molar-refractivity contribution is 5.89. The average molecular weight is 302 g/mol. The van der Waals surface area contributed by atoms with Crippen molar-refractivity contribution in [2.24, 2.45) is 0 Å². The van der Waals surface area contributed by atoms with Gasteiger partial charge in [0.15, 0.2) is 0 Å². The second kappa shape index (κ2) is 5.70. The molecule has 3 nitrogen and oxygen atoms in total. The van der Waals surface area contributed by atoms with Crippen molar-refractivity contribution in [3.8, 4) is 5.75 Å². The normalized spacial score (nSPS) is 13.9. The van der Waals surface area contributed by atoms with E-state index >= 15 is 0 Å². The summed E-state index contributed by atoms with van der Waals surface area (Å²) in [6, 6.07) is 4.32. The minimum absolute atomic E-state index is 0.277. The Bertz CT molecular complexity index is 468. The SMILES string of the molecule is COc1ccc(C(F)OC(F)(F)C(=O)C(F)(F)F)cc1. The van der Waals surface area contributed by atoms with Gasteiger partial charge in [-0.3, -0.25) is 9.53 Å². The maximum absolute atomic E-state index is 13.4. The number of rotatable bonds is 5. The van der Waals surface area contributed by atoms with E-state index in [0.717, 1.165) is 12.1 Å². The molecule has 0 heterocycles. The fourth-order valence-corrected chi connectivity index (χ4v) is 1.17. The van der Waals surface area contributed by atoms with Crippen LogP contribution >= 0.6 is 0 Å². The maximum Gasteiger partial charge on any atom is 0.459 e. The van der Waals surface area contributed by atoms with Crippen molar-refractivity contribution in [3.63, 3.8) is 0 Å². The summed E-state index contributed by atoms with van der Waals surface area (Å²) >= 11 is 0. The summed E-state index contributed by atoms with van der Waals surface area (Å²) in [5, 5.41) is 0. The minimum Gasteiger partial charge on any atom is -0.497 e. The molecule has 1 rings (SSSR count). The molecule has 1 atom stereocenters. The van der Waals surface area contributed by atoms with Crippen LogP contribution in [0.2, 0.25) is 0 Å². The van der Waals surface area contributed by atoms with Crippen LogP contribution in [0.15, 0.2) is 24.3 Å². The molecular formula is C11H8F6O3. The molecule has 0 radical (unpaired) electrons. The summed E-state index contributed by atoms with van der Waals surface area (Å²) in [6.07, 6.45) is -14.0. The van der Waals surface area contributed by atoms with Gasteiger partial charge in [0.2, 0.25) is 6.36 Å². The Hall–Kier alpha value is -1.77. The topological polar surface area (TPSA) is 35.5 Å². The van der Waals surface area contributed by atoms with Gasteiger partial charge in [-0.2, -0.15) is 22.0 Å². The van der Waals surface area contributed by atoms with Crippen LogP contribution in [0.3, 0.4) is 0 Å². The molecule has 20 heavy (non-hydrogen) atoms. The fraction of sp³-hybridized carbons (Fsp3) is 0.364. The number of carbonyl (C=O) groups is 1. The summed E-state index contributed by atoms with van der Waals surface area (Å²) in [6.45, 7) is 0. The van der Waals surface area contributed by atoms with E-state index in [1.807, 2.05) is 0 Å². The zero-order chi connectivity index (χ0) is 15.6. The van der Waals surface area contributed by atoms with E-state index in [4.69, 9.17) is 4.74 Å². The number of ether oxygens (including phenoxy) is 2. The number of hydrogen-bond acceptors (Lipinski definition) is 3. The number of ketones is 1. The summed E-state index contributed by atoms with van der Waals surface area (Å²) in [5.74, 6) is -3.19. The van der Waals surface area contributed by atoms with Gasteiger partial charge in [0, 0.05) is 5.56 Å². The van der Waals surface area contributed by atoms with Gasteiger partial charge < -0.3 is 4.74 Å². The first-order valence-corrected chi connectivity index (χ1v) is 5.03. The third kappa shape index (κ3) is 3.86. The van der Waals surface area contributed by atoms with E-state index in [0.29, 0.717) is 0 Å². The first-order valence-electron chi connectivity index (χ1n) is 5.03. The molecule has 9 heteroatoms. The summed E-state index contributed by atoms with van der Waals surface area (Å²) in [4.78, 5) is 10.4. The van der Waals surface area contributed by atoms with Gasteiger partial charge in [0.05, 0.1) is 7.11 Å². The Morgan fingerprint density at radius 2 is 1.60 bits per heavy atom. The zero-order valence-electron chi connectivity index (χ0n) is 9.88. The predicted octanol–water partition coefficient (Wildman–Crippen LogP) is 3.40. The zero-order valence-corrected chi connectivity index (χ0v) is 9.88. The van der Waals surface area contributed by atoms with Crippen LogP contribution in [0.25, 0.3) is 0 Å². The lowest BCUT2D eigenvalue weighted by atomic mass is 10.2. The molecule has 0 saturated carbocycles. The number of Topliss-reactive ketones (excluding diaryl/α,β-unsaturated/α-hetero) is 1. The maximum atomic E-state index is 13.4. The average Bonchev–Trinajstić information content (AvgIpc) is 2.36. The van der Waals surface area contributed by atoms with Crippen LogP contribution in [0.4, 0.5) is 26.3 Å². The van der Waals surface area contributed by atoms with E-state index < -0.39 is 30.0 Å². The molecule has 0 aromatic heterocycles. The highest BCUT2D eigenvalue weighted by atomic mass is 19.4. The van der Waals surface area contributed by atoms with E-state index in [1.54, 1.807) is 0 Å². The Morgan fingerprint density at radius 3 is 2.00 bits per heavy atom. The van der Waals surface area contributed by atoms with Crippen molar-refractivity contribution < 1.29 is 40.6 Å². The molecule has 0 aliphatic carbocycles. The smallest absolute Gasteiger partial charge is 0.459 e. The number of benzene rings is 1. The third-order valence-corrected chi connectivity index (χ3v) is 2.15. The van der Waals surface area contributed by atoms with Crippen LogP contribution in [-0.4, -0.2) is 25.2 Å². The molecule has 0 N–H and O–H groups in total. The molecule has 0 bridgehead atoms. The fourth-order valence-electron chi connectivity index (χ4n) is 1.17. The lowest BCUT2D eigenvalue weighted by molar-refractivity contribution is -0.291. The highest BCUT2D eigenvalue weighted by Gasteiger charge is 2.57. The largest absolute Gasteiger partial charge is 0.497 e. The van der Waals surface area contributed by atoms with Crippen LogP contribution in [0, 0.1) is 0 Å². The first kappa shape index (κ1) is 16.3. The van der Waals surface area contributed by atoms with Gasteiger partial charge in [-0.15, -0.1) is 0 Å². The summed E-state index contributed by atoms with van der Waals surface area (Å²) in [7, 11) is 1.30. The van der Waals surface area contributed by atoms with Crippen LogP contribution < -0.4 is 4.74 Å². The summed E-state index contributed by atoms with van der Waals surface area (Å²) < 4.78 is 82.6. The van der Waals surface area contributed by atoms with Crippen LogP contribution in [0.5, 0.6) is 5.75 Å². The first-order chi connectivity index (χ1) is 9.08.